The molecule has 0 saturated heterocycles. The molecule has 1 aromatic heterocycles. The lowest BCUT2D eigenvalue weighted by molar-refractivity contribution is 0.0954. The van der Waals surface area contributed by atoms with Gasteiger partial charge in [0.25, 0.3) is 5.91 Å². The van der Waals surface area contributed by atoms with Crippen LogP contribution in [0.4, 0.5) is 0 Å². The van der Waals surface area contributed by atoms with Crippen LogP contribution in [0.2, 0.25) is 0 Å². The van der Waals surface area contributed by atoms with Crippen LogP contribution in [0.15, 0.2) is 17.1 Å². The van der Waals surface area contributed by atoms with Crippen molar-refractivity contribution in [2.24, 2.45) is 0 Å². The average molecular weight is 258 g/mol. The smallest absolute Gasteiger partial charge is 0.256 e. The lowest BCUT2D eigenvalue weighted by Crippen LogP contribution is -2.32. The Bertz CT molecular complexity index is 574. The molecule has 1 amide bonds. The second kappa shape index (κ2) is 5.13. The van der Waals surface area contributed by atoms with Crippen LogP contribution >= 0.6 is 0 Å². The zero-order valence-corrected chi connectivity index (χ0v) is 10.4. The average Bonchev–Trinajstić information content (AvgIpc) is 2.15. The normalized spacial score (nSPS) is 11.2. The van der Waals surface area contributed by atoms with Crippen LogP contribution in [0.1, 0.15) is 16.1 Å². The van der Waals surface area contributed by atoms with Gasteiger partial charge in [0.05, 0.1) is 5.75 Å². The van der Waals surface area contributed by atoms with E-state index < -0.39 is 21.2 Å². The Balaban J connectivity index is 2.68. The largest absolute Gasteiger partial charge is 0.364 e. The van der Waals surface area contributed by atoms with Crippen molar-refractivity contribution in [3.05, 3.63) is 33.7 Å². The van der Waals surface area contributed by atoms with E-state index in [1.807, 2.05) is 0 Å². The molecule has 0 unspecified atom stereocenters. The van der Waals surface area contributed by atoms with Crippen molar-refractivity contribution >= 4 is 15.7 Å². The molecule has 0 radical (unpaired) electrons. The third-order valence-electron chi connectivity index (χ3n) is 2.06. The van der Waals surface area contributed by atoms with Gasteiger partial charge in [0, 0.05) is 30.8 Å². The molecule has 7 heteroatoms. The second-order valence-corrected chi connectivity index (χ2v) is 6.04. The topological polar surface area (TPSA) is 96.1 Å². The number of hydrogen-bond acceptors (Lipinski definition) is 4. The summed E-state index contributed by atoms with van der Waals surface area (Å²) in [5, 5.41) is 2.38. The van der Waals surface area contributed by atoms with Crippen molar-refractivity contribution in [1.29, 1.82) is 0 Å². The molecule has 0 aromatic carbocycles. The monoisotopic (exact) mass is 258 g/mol. The van der Waals surface area contributed by atoms with Crippen LogP contribution in [-0.2, 0) is 9.84 Å². The molecule has 0 spiro atoms. The number of rotatable bonds is 4. The molecule has 0 aliphatic carbocycles. The summed E-state index contributed by atoms with van der Waals surface area (Å²) in [6, 6.07) is 1.31. The summed E-state index contributed by atoms with van der Waals surface area (Å²) in [5.74, 6) is -0.724. The molecule has 2 N–H and O–H groups in total. The Morgan fingerprint density at radius 2 is 2.12 bits per heavy atom. The fourth-order valence-corrected chi connectivity index (χ4v) is 1.67. The van der Waals surface area contributed by atoms with Crippen molar-refractivity contribution in [3.63, 3.8) is 0 Å². The zero-order valence-electron chi connectivity index (χ0n) is 9.61. The number of amides is 1. The van der Waals surface area contributed by atoms with E-state index in [0.29, 0.717) is 5.69 Å². The van der Waals surface area contributed by atoms with Crippen molar-refractivity contribution in [1.82, 2.24) is 10.3 Å². The summed E-state index contributed by atoms with van der Waals surface area (Å²) in [4.78, 5) is 25.7. The molecule has 0 saturated carbocycles. The number of carbonyl (C=O) groups is 1. The van der Waals surface area contributed by atoms with Crippen LogP contribution in [0, 0.1) is 6.92 Å². The predicted octanol–water partition coefficient (Wildman–Crippen LogP) is -0.542. The lowest BCUT2D eigenvalue weighted by atomic mass is 10.2. The molecule has 17 heavy (non-hydrogen) atoms. The van der Waals surface area contributed by atoms with Gasteiger partial charge in [0.1, 0.15) is 15.4 Å². The van der Waals surface area contributed by atoms with E-state index >= 15 is 0 Å². The Morgan fingerprint density at radius 3 is 2.65 bits per heavy atom. The van der Waals surface area contributed by atoms with E-state index in [1.54, 1.807) is 6.92 Å². The number of carbonyl (C=O) groups excluding carboxylic acids is 1. The molecule has 1 aromatic rings. The highest BCUT2D eigenvalue weighted by Gasteiger charge is 2.10. The van der Waals surface area contributed by atoms with Gasteiger partial charge in [-0.05, 0) is 6.92 Å². The molecule has 1 rings (SSSR count). The van der Waals surface area contributed by atoms with Crippen molar-refractivity contribution < 1.29 is 13.2 Å². The molecule has 0 aliphatic heterocycles. The number of sulfone groups is 1. The summed E-state index contributed by atoms with van der Waals surface area (Å²) < 4.78 is 21.7. The summed E-state index contributed by atoms with van der Waals surface area (Å²) in [7, 11) is -3.12. The summed E-state index contributed by atoms with van der Waals surface area (Å²) in [5.41, 5.74) is 0.241. The van der Waals surface area contributed by atoms with Gasteiger partial charge >= 0.3 is 0 Å². The minimum Gasteiger partial charge on any atom is -0.364 e. The Kier molecular flexibility index (Phi) is 4.06. The quantitative estimate of drug-likeness (QED) is 0.758. The molecular weight excluding hydrogens is 244 g/mol. The fourth-order valence-electron chi connectivity index (χ4n) is 1.20. The van der Waals surface area contributed by atoms with E-state index in [2.05, 4.69) is 10.3 Å². The van der Waals surface area contributed by atoms with E-state index in [4.69, 9.17) is 0 Å². The van der Waals surface area contributed by atoms with Crippen LogP contribution < -0.4 is 10.7 Å². The highest BCUT2D eigenvalue weighted by Crippen LogP contribution is 1.92. The SMILES string of the molecule is Cc1cc(=O)c(C(=O)NCCS(C)(=O)=O)c[nH]1. The molecular formula is C10H14N2O4S. The maximum Gasteiger partial charge on any atom is 0.256 e. The standard InChI is InChI=1S/C10H14N2O4S/c1-7-5-9(13)8(6-12-7)10(14)11-3-4-17(2,15)16/h5-6H,3-4H2,1-2H3,(H,11,14)(H,12,13). The van der Waals surface area contributed by atoms with Gasteiger partial charge in [-0.3, -0.25) is 9.59 Å². The summed E-state index contributed by atoms with van der Waals surface area (Å²) >= 11 is 0. The number of pyridine rings is 1. The molecule has 94 valence electrons. The van der Waals surface area contributed by atoms with Gasteiger partial charge in [-0.1, -0.05) is 0 Å². The van der Waals surface area contributed by atoms with Crippen LogP contribution in [0.3, 0.4) is 0 Å². The van der Waals surface area contributed by atoms with Gasteiger partial charge in [-0.25, -0.2) is 8.42 Å². The van der Waals surface area contributed by atoms with Crippen molar-refractivity contribution in [2.45, 2.75) is 6.92 Å². The fraction of sp³-hybridized carbons (Fsp3) is 0.400. The highest BCUT2D eigenvalue weighted by molar-refractivity contribution is 7.90. The number of nitrogens with one attached hydrogen (secondary N) is 2. The maximum absolute atomic E-state index is 11.5. The van der Waals surface area contributed by atoms with Gasteiger partial charge in [-0.15, -0.1) is 0 Å². The summed E-state index contributed by atoms with van der Waals surface area (Å²) in [6.07, 6.45) is 2.39. The lowest BCUT2D eigenvalue weighted by Gasteiger charge is -2.03. The molecule has 0 aliphatic rings. The molecule has 0 bridgehead atoms. The van der Waals surface area contributed by atoms with Gasteiger partial charge in [0.15, 0.2) is 5.43 Å². The molecule has 0 atom stereocenters. The van der Waals surface area contributed by atoms with Gasteiger partial charge < -0.3 is 10.3 Å². The second-order valence-electron chi connectivity index (χ2n) is 3.78. The predicted molar refractivity (Wildman–Crippen MR) is 63.8 cm³/mol. The first-order chi connectivity index (χ1) is 7.79. The number of hydrogen-bond donors (Lipinski definition) is 2. The number of aromatic nitrogens is 1. The highest BCUT2D eigenvalue weighted by atomic mass is 32.2. The Hall–Kier alpha value is -1.63. The number of aromatic amines is 1. The molecule has 6 nitrogen and oxygen atoms in total. The number of aryl methyl sites for hydroxylation is 1. The van der Waals surface area contributed by atoms with Crippen molar-refractivity contribution in [2.75, 3.05) is 18.6 Å². The molecule has 0 fully saturated rings. The minimum atomic E-state index is -3.12. The maximum atomic E-state index is 11.5. The van der Waals surface area contributed by atoms with Crippen LogP contribution in [-0.4, -0.2) is 37.9 Å². The first-order valence-corrected chi connectivity index (χ1v) is 7.01. The van der Waals surface area contributed by atoms with Gasteiger partial charge in [0.2, 0.25) is 0 Å². The third-order valence-corrected chi connectivity index (χ3v) is 3.01. The van der Waals surface area contributed by atoms with Crippen LogP contribution in [0.5, 0.6) is 0 Å². The summed E-state index contributed by atoms with van der Waals surface area (Å²) in [6.45, 7) is 1.69. The van der Waals surface area contributed by atoms with E-state index in [1.165, 1.54) is 12.3 Å². The van der Waals surface area contributed by atoms with Crippen LogP contribution in [0.25, 0.3) is 0 Å². The Labute approximate surface area is 99.0 Å². The van der Waals surface area contributed by atoms with Gasteiger partial charge in [-0.2, -0.15) is 0 Å². The Morgan fingerprint density at radius 1 is 1.47 bits per heavy atom. The van der Waals surface area contributed by atoms with E-state index in [9.17, 15) is 18.0 Å². The number of H-pyrrole nitrogens is 1. The van der Waals surface area contributed by atoms with E-state index in [-0.39, 0.29) is 17.9 Å². The minimum absolute atomic E-state index is 0.00895. The first kappa shape index (κ1) is 13.4. The third kappa shape index (κ3) is 4.39. The zero-order chi connectivity index (χ0) is 13.1. The molecule has 1 heterocycles. The van der Waals surface area contributed by atoms with E-state index in [0.717, 1.165) is 6.26 Å². The van der Waals surface area contributed by atoms with Crippen molar-refractivity contribution in [3.8, 4) is 0 Å². The first-order valence-electron chi connectivity index (χ1n) is 4.95.